The van der Waals surface area contributed by atoms with Gasteiger partial charge < -0.3 is 4.74 Å². The van der Waals surface area contributed by atoms with Crippen molar-refractivity contribution in [2.24, 2.45) is 0 Å². The molecule has 1 aromatic rings. The minimum atomic E-state index is -1.12. The third-order valence-electron chi connectivity index (χ3n) is 1.80. The molecule has 0 spiro atoms. The van der Waals surface area contributed by atoms with E-state index in [9.17, 15) is 4.79 Å². The molecule has 0 atom stereocenters. The molecule has 0 radical (unpaired) electrons. The van der Waals surface area contributed by atoms with Gasteiger partial charge in [-0.2, -0.15) is 0 Å². The van der Waals surface area contributed by atoms with Gasteiger partial charge >= 0.3 is 5.97 Å². The molecule has 0 heterocycles. The van der Waals surface area contributed by atoms with Gasteiger partial charge in [-0.3, -0.25) is 0 Å². The third-order valence-corrected chi connectivity index (χ3v) is 1.98. The predicted molar refractivity (Wildman–Crippen MR) is 56.8 cm³/mol. The fraction of sp³-hybridized carbons (Fsp3) is 0.300. The van der Waals surface area contributed by atoms with E-state index in [0.717, 1.165) is 11.1 Å². The van der Waals surface area contributed by atoms with Crippen molar-refractivity contribution in [3.05, 3.63) is 34.9 Å². The van der Waals surface area contributed by atoms with Crippen molar-refractivity contribution in [2.75, 3.05) is 0 Å². The second-order valence-electron chi connectivity index (χ2n) is 2.98. The molecule has 2 nitrogen and oxygen atoms in total. The summed E-state index contributed by atoms with van der Waals surface area (Å²) in [6.07, 6.45) is 0. The van der Waals surface area contributed by atoms with Crippen LogP contribution in [0, 0.1) is 13.8 Å². The lowest BCUT2D eigenvalue weighted by Crippen LogP contribution is -2.09. The fourth-order valence-corrected chi connectivity index (χ4v) is 1.35. The van der Waals surface area contributed by atoms with E-state index in [1.165, 1.54) is 0 Å². The summed E-state index contributed by atoms with van der Waals surface area (Å²) in [6, 6.07) is 5.43. The highest BCUT2D eigenvalue weighted by Crippen LogP contribution is 2.14. The normalized spacial score (nSPS) is 10.4. The van der Waals surface area contributed by atoms with Crippen LogP contribution in [0.1, 0.15) is 21.5 Å². The first kappa shape index (κ1) is 11.3. The Hall–Kier alpha value is -0.730. The highest BCUT2D eigenvalue weighted by Gasteiger charge is 2.13. The zero-order chi connectivity index (χ0) is 10.7. The van der Waals surface area contributed by atoms with Gasteiger partial charge in [-0.25, -0.2) is 4.79 Å². The lowest BCUT2D eigenvalue weighted by atomic mass is 10.1. The Bertz CT molecular complexity index is 348. The standard InChI is InChI=1S/C10H10Cl2O2/c1-6-3-4-8(7(2)5-6)9(13)14-10(11)12/h3-5,10H,1-2H3. The van der Waals surface area contributed by atoms with Crippen LogP contribution < -0.4 is 0 Å². The molecule has 1 rings (SSSR count). The van der Waals surface area contributed by atoms with Crippen LogP contribution in [0.2, 0.25) is 0 Å². The van der Waals surface area contributed by atoms with E-state index in [1.807, 2.05) is 26.0 Å². The number of halogens is 2. The Kier molecular flexibility index (Phi) is 3.78. The third kappa shape index (κ3) is 2.89. The van der Waals surface area contributed by atoms with E-state index < -0.39 is 11.0 Å². The Labute approximate surface area is 92.8 Å². The van der Waals surface area contributed by atoms with Gasteiger partial charge in [0.25, 0.3) is 5.02 Å². The average molecular weight is 233 g/mol. The van der Waals surface area contributed by atoms with E-state index in [-0.39, 0.29) is 0 Å². The van der Waals surface area contributed by atoms with E-state index in [0.29, 0.717) is 5.56 Å². The monoisotopic (exact) mass is 232 g/mol. The molecule has 0 aliphatic carbocycles. The second kappa shape index (κ2) is 4.67. The van der Waals surface area contributed by atoms with Crippen LogP contribution in [0.4, 0.5) is 0 Å². The second-order valence-corrected chi connectivity index (χ2v) is 4.00. The van der Waals surface area contributed by atoms with Crippen molar-refractivity contribution >= 4 is 29.2 Å². The van der Waals surface area contributed by atoms with Gasteiger partial charge in [-0.1, -0.05) is 40.9 Å². The number of alkyl halides is 2. The van der Waals surface area contributed by atoms with Crippen LogP contribution >= 0.6 is 23.2 Å². The van der Waals surface area contributed by atoms with E-state index in [4.69, 9.17) is 23.2 Å². The summed E-state index contributed by atoms with van der Waals surface area (Å²) in [5, 5.41) is -1.12. The first-order valence-corrected chi connectivity index (χ1v) is 4.94. The van der Waals surface area contributed by atoms with Crippen LogP contribution in [-0.4, -0.2) is 11.0 Å². The number of ether oxygens (including phenoxy) is 1. The number of carbonyl (C=O) groups excluding carboxylic acids is 1. The first-order valence-electron chi connectivity index (χ1n) is 4.07. The topological polar surface area (TPSA) is 26.3 Å². The smallest absolute Gasteiger partial charge is 0.340 e. The predicted octanol–water partition coefficient (Wildman–Crippen LogP) is 3.22. The molecule has 0 aliphatic rings. The zero-order valence-corrected chi connectivity index (χ0v) is 9.39. The Balaban J connectivity index is 2.90. The maximum Gasteiger partial charge on any atom is 0.340 e. The summed E-state index contributed by atoms with van der Waals surface area (Å²) in [4.78, 5) is 11.4. The van der Waals surface area contributed by atoms with Crippen molar-refractivity contribution in [1.29, 1.82) is 0 Å². The highest BCUT2D eigenvalue weighted by atomic mass is 35.5. The molecule has 0 N–H and O–H groups in total. The van der Waals surface area contributed by atoms with Crippen molar-refractivity contribution in [3.8, 4) is 0 Å². The number of carbonyl (C=O) groups is 1. The molecule has 0 saturated carbocycles. The van der Waals surface area contributed by atoms with Crippen molar-refractivity contribution < 1.29 is 9.53 Å². The van der Waals surface area contributed by atoms with E-state index >= 15 is 0 Å². The zero-order valence-electron chi connectivity index (χ0n) is 7.88. The lowest BCUT2D eigenvalue weighted by molar-refractivity contribution is 0.0535. The molecule has 76 valence electrons. The Morgan fingerprint density at radius 1 is 1.36 bits per heavy atom. The van der Waals surface area contributed by atoms with Crippen LogP contribution in [0.5, 0.6) is 0 Å². The molecule has 0 fully saturated rings. The van der Waals surface area contributed by atoms with Crippen LogP contribution in [0.25, 0.3) is 0 Å². The molecule has 0 amide bonds. The van der Waals surface area contributed by atoms with E-state index in [1.54, 1.807) is 6.07 Å². The van der Waals surface area contributed by atoms with Gasteiger partial charge in [0, 0.05) is 0 Å². The number of esters is 1. The molecule has 14 heavy (non-hydrogen) atoms. The first-order chi connectivity index (χ1) is 6.50. The van der Waals surface area contributed by atoms with Gasteiger partial charge in [-0.15, -0.1) is 0 Å². The van der Waals surface area contributed by atoms with Gasteiger partial charge in [0.05, 0.1) is 5.56 Å². The quantitative estimate of drug-likeness (QED) is 0.579. The highest BCUT2D eigenvalue weighted by molar-refractivity contribution is 6.43. The van der Waals surface area contributed by atoms with Gasteiger partial charge in [0.15, 0.2) is 0 Å². The number of rotatable bonds is 2. The lowest BCUT2D eigenvalue weighted by Gasteiger charge is -2.07. The minimum Gasteiger partial charge on any atom is -0.428 e. The maximum atomic E-state index is 11.4. The summed E-state index contributed by atoms with van der Waals surface area (Å²) in [5.74, 6) is -0.502. The molecule has 4 heteroatoms. The van der Waals surface area contributed by atoms with Gasteiger partial charge in [0.1, 0.15) is 0 Å². The molecule has 0 aliphatic heterocycles. The van der Waals surface area contributed by atoms with Crippen molar-refractivity contribution in [1.82, 2.24) is 0 Å². The van der Waals surface area contributed by atoms with Crippen molar-refractivity contribution in [2.45, 2.75) is 18.9 Å². The van der Waals surface area contributed by atoms with E-state index in [2.05, 4.69) is 4.74 Å². The molecular formula is C10H10Cl2O2. The largest absolute Gasteiger partial charge is 0.428 e. The minimum absolute atomic E-state index is 0.488. The Morgan fingerprint density at radius 3 is 2.50 bits per heavy atom. The molecular weight excluding hydrogens is 223 g/mol. The molecule has 0 unspecified atom stereocenters. The molecule has 0 saturated heterocycles. The molecule has 0 bridgehead atoms. The summed E-state index contributed by atoms with van der Waals surface area (Å²) in [5.41, 5.74) is 2.43. The maximum absolute atomic E-state index is 11.4. The summed E-state index contributed by atoms with van der Waals surface area (Å²) < 4.78 is 4.65. The summed E-state index contributed by atoms with van der Waals surface area (Å²) >= 11 is 10.7. The van der Waals surface area contributed by atoms with Gasteiger partial charge in [-0.05, 0) is 25.5 Å². The number of benzene rings is 1. The Morgan fingerprint density at radius 2 is 2.00 bits per heavy atom. The van der Waals surface area contributed by atoms with Crippen molar-refractivity contribution in [3.63, 3.8) is 0 Å². The fourth-order valence-electron chi connectivity index (χ4n) is 1.19. The number of hydrogen-bond acceptors (Lipinski definition) is 2. The van der Waals surface area contributed by atoms with Gasteiger partial charge in [0.2, 0.25) is 0 Å². The molecule has 1 aromatic carbocycles. The van der Waals surface area contributed by atoms with Crippen LogP contribution in [0.3, 0.4) is 0 Å². The number of hydrogen-bond donors (Lipinski definition) is 0. The average Bonchev–Trinajstić information content (AvgIpc) is 2.01. The summed E-state index contributed by atoms with van der Waals surface area (Å²) in [6.45, 7) is 3.79. The SMILES string of the molecule is Cc1ccc(C(=O)OC(Cl)Cl)c(C)c1. The number of aryl methyl sites for hydroxylation is 2. The van der Waals surface area contributed by atoms with Crippen LogP contribution in [0.15, 0.2) is 18.2 Å². The van der Waals surface area contributed by atoms with Crippen LogP contribution in [-0.2, 0) is 4.74 Å². The summed E-state index contributed by atoms with van der Waals surface area (Å²) in [7, 11) is 0. The molecule has 0 aromatic heterocycles.